The molecular formula is C23H20ClN3O6. The third-order valence-electron chi connectivity index (χ3n) is 7.00. The van der Waals surface area contributed by atoms with Gasteiger partial charge in [-0.25, -0.2) is 0 Å². The Balaban J connectivity index is 1.42. The van der Waals surface area contributed by atoms with Crippen molar-refractivity contribution >= 4 is 35.0 Å². The van der Waals surface area contributed by atoms with Crippen LogP contribution in [0.2, 0.25) is 5.02 Å². The molecule has 1 spiro atoms. The molecular weight excluding hydrogens is 450 g/mol. The van der Waals surface area contributed by atoms with E-state index >= 15 is 0 Å². The number of nitrogens with one attached hydrogen (secondary N) is 2. The number of fused-ring (bicyclic) bond motifs is 5. The van der Waals surface area contributed by atoms with E-state index in [9.17, 15) is 19.5 Å². The van der Waals surface area contributed by atoms with Crippen molar-refractivity contribution < 1.29 is 29.0 Å². The highest BCUT2D eigenvalue weighted by atomic mass is 35.5. The topological polar surface area (TPSA) is 117 Å². The van der Waals surface area contributed by atoms with Crippen molar-refractivity contribution in [3.8, 4) is 11.5 Å². The lowest BCUT2D eigenvalue weighted by Gasteiger charge is -2.30. The minimum atomic E-state index is -1.50. The van der Waals surface area contributed by atoms with E-state index in [1.54, 1.807) is 36.4 Å². The fourth-order valence-corrected chi connectivity index (χ4v) is 5.73. The summed E-state index contributed by atoms with van der Waals surface area (Å²) in [6, 6.07) is 9.38. The highest BCUT2D eigenvalue weighted by Gasteiger charge is 2.71. The van der Waals surface area contributed by atoms with Crippen LogP contribution in [0.5, 0.6) is 11.5 Å². The molecule has 0 aliphatic carbocycles. The fraction of sp³-hybridized carbons (Fsp3) is 0.348. The number of hydrogen-bond donors (Lipinski definition) is 3. The van der Waals surface area contributed by atoms with Gasteiger partial charge in [-0.3, -0.25) is 24.6 Å². The van der Waals surface area contributed by atoms with E-state index in [1.165, 1.54) is 11.8 Å². The molecule has 4 heterocycles. The molecule has 5 atom stereocenters. The zero-order valence-electron chi connectivity index (χ0n) is 17.5. The van der Waals surface area contributed by atoms with Crippen LogP contribution in [0.1, 0.15) is 18.1 Å². The lowest BCUT2D eigenvalue weighted by atomic mass is 9.76. The van der Waals surface area contributed by atoms with Gasteiger partial charge in [0.2, 0.25) is 24.5 Å². The monoisotopic (exact) mass is 469 g/mol. The second-order valence-corrected chi connectivity index (χ2v) is 9.25. The predicted molar refractivity (Wildman–Crippen MR) is 115 cm³/mol. The smallest absolute Gasteiger partial charge is 0.250 e. The molecule has 0 bridgehead atoms. The van der Waals surface area contributed by atoms with Gasteiger partial charge in [0.05, 0.1) is 24.5 Å². The fourth-order valence-electron chi connectivity index (χ4n) is 5.56. The van der Waals surface area contributed by atoms with Gasteiger partial charge in [0.15, 0.2) is 11.5 Å². The summed E-state index contributed by atoms with van der Waals surface area (Å²) in [4.78, 5) is 41.7. The minimum Gasteiger partial charge on any atom is -0.454 e. The molecule has 33 heavy (non-hydrogen) atoms. The molecule has 4 aliphatic heterocycles. The molecule has 6 rings (SSSR count). The van der Waals surface area contributed by atoms with Crippen molar-refractivity contribution in [2.24, 2.45) is 11.8 Å². The number of ether oxygens (including phenoxy) is 2. The van der Waals surface area contributed by atoms with Crippen molar-refractivity contribution in [2.45, 2.75) is 31.2 Å². The number of likely N-dealkylation sites (tertiary alicyclic amines) is 1. The number of hydrogen-bond acceptors (Lipinski definition) is 7. The van der Waals surface area contributed by atoms with Gasteiger partial charge < -0.3 is 19.9 Å². The molecule has 2 fully saturated rings. The highest BCUT2D eigenvalue weighted by molar-refractivity contribution is 6.31. The molecule has 0 radical (unpaired) electrons. The van der Waals surface area contributed by atoms with Crippen molar-refractivity contribution in [3.05, 3.63) is 52.5 Å². The Bertz CT molecular complexity index is 1230. The van der Waals surface area contributed by atoms with Gasteiger partial charge in [-0.15, -0.1) is 0 Å². The zero-order valence-corrected chi connectivity index (χ0v) is 18.3. The molecule has 9 nitrogen and oxygen atoms in total. The Hall–Kier alpha value is -3.14. The third-order valence-corrected chi connectivity index (χ3v) is 7.24. The summed E-state index contributed by atoms with van der Waals surface area (Å²) < 4.78 is 10.7. The number of rotatable bonds is 3. The van der Waals surface area contributed by atoms with Crippen LogP contribution in [0.4, 0.5) is 5.69 Å². The highest BCUT2D eigenvalue weighted by Crippen LogP contribution is 2.54. The van der Waals surface area contributed by atoms with E-state index in [2.05, 4.69) is 10.6 Å². The first-order valence-electron chi connectivity index (χ1n) is 10.6. The van der Waals surface area contributed by atoms with Crippen LogP contribution >= 0.6 is 11.6 Å². The van der Waals surface area contributed by atoms with Gasteiger partial charge in [-0.1, -0.05) is 17.7 Å². The SMILES string of the molecule is C[C@H](O)[C@@H]1N[C@]2(C(=O)Nc3ccc(Cl)cc32)[C@@H]2C(=O)N(Cc3ccc4c(c3)OCO4)C(=O)[C@H]12. The van der Waals surface area contributed by atoms with Crippen LogP contribution < -0.4 is 20.1 Å². The predicted octanol–water partition coefficient (Wildman–Crippen LogP) is 1.37. The Morgan fingerprint density at radius 1 is 1.15 bits per heavy atom. The number of anilines is 1. The molecule has 170 valence electrons. The molecule has 3 amide bonds. The Labute approximate surface area is 193 Å². The van der Waals surface area contributed by atoms with E-state index in [0.717, 1.165) is 0 Å². The van der Waals surface area contributed by atoms with E-state index in [1.807, 2.05) is 0 Å². The average Bonchev–Trinajstić information content (AvgIpc) is 3.51. The van der Waals surface area contributed by atoms with Crippen LogP contribution in [0.15, 0.2) is 36.4 Å². The molecule has 10 heteroatoms. The average molecular weight is 470 g/mol. The Morgan fingerprint density at radius 3 is 2.73 bits per heavy atom. The Kier molecular flexibility index (Phi) is 4.30. The van der Waals surface area contributed by atoms with Crippen LogP contribution in [-0.4, -0.2) is 46.7 Å². The molecule has 0 saturated carbocycles. The standard InChI is InChI=1S/C23H20ClN3O6/c1-10(28)19-17-18(23(26-19)13-7-12(24)3-4-14(13)25-22(23)31)21(30)27(20(17)29)8-11-2-5-15-16(6-11)33-9-32-15/h2-7,10,17-19,26,28H,8-9H2,1H3,(H,25,31)/t10-,17-,18-,19-,23-/m0/s1. The van der Waals surface area contributed by atoms with Gasteiger partial charge in [0.25, 0.3) is 0 Å². The number of amides is 3. The van der Waals surface area contributed by atoms with Crippen molar-refractivity contribution in [1.82, 2.24) is 10.2 Å². The molecule has 3 N–H and O–H groups in total. The number of halogens is 1. The molecule has 4 aliphatic rings. The van der Waals surface area contributed by atoms with Gasteiger partial charge in [-0.2, -0.15) is 0 Å². The first-order valence-corrected chi connectivity index (χ1v) is 11.0. The van der Waals surface area contributed by atoms with Crippen LogP contribution in [-0.2, 0) is 26.5 Å². The first kappa shape index (κ1) is 20.5. The summed E-state index contributed by atoms with van der Waals surface area (Å²) in [7, 11) is 0. The summed E-state index contributed by atoms with van der Waals surface area (Å²) in [6.45, 7) is 1.68. The number of nitrogens with zero attached hydrogens (tertiary/aromatic N) is 1. The molecule has 2 aromatic rings. The zero-order chi connectivity index (χ0) is 23.1. The van der Waals surface area contributed by atoms with Gasteiger partial charge in [0.1, 0.15) is 5.54 Å². The second kappa shape index (κ2) is 6.93. The number of aliphatic hydroxyl groups is 1. The van der Waals surface area contributed by atoms with Crippen LogP contribution in [0.3, 0.4) is 0 Å². The maximum absolute atomic E-state index is 13.7. The minimum absolute atomic E-state index is 0.0218. The van der Waals surface area contributed by atoms with Gasteiger partial charge in [-0.05, 0) is 42.8 Å². The number of carbonyl (C=O) groups excluding carboxylic acids is 3. The summed E-state index contributed by atoms with van der Waals surface area (Å²) >= 11 is 6.22. The third kappa shape index (κ3) is 2.70. The molecule has 2 saturated heterocycles. The van der Waals surface area contributed by atoms with E-state index in [0.29, 0.717) is 33.3 Å². The summed E-state index contributed by atoms with van der Waals surface area (Å²) in [5.74, 6) is -2.11. The molecule has 2 aromatic carbocycles. The summed E-state index contributed by atoms with van der Waals surface area (Å²) in [5.41, 5.74) is 0.222. The number of benzene rings is 2. The normalized spacial score (nSPS) is 30.1. The lowest BCUT2D eigenvalue weighted by molar-refractivity contribution is -0.143. The first-order chi connectivity index (χ1) is 15.8. The van der Waals surface area contributed by atoms with E-state index in [-0.39, 0.29) is 13.3 Å². The second-order valence-electron chi connectivity index (χ2n) is 8.82. The van der Waals surface area contributed by atoms with Gasteiger partial charge >= 0.3 is 0 Å². The summed E-state index contributed by atoms with van der Waals surface area (Å²) in [5, 5.41) is 16.8. The maximum atomic E-state index is 13.7. The molecule has 0 unspecified atom stereocenters. The van der Waals surface area contributed by atoms with Crippen molar-refractivity contribution in [1.29, 1.82) is 0 Å². The number of imide groups is 1. The largest absolute Gasteiger partial charge is 0.454 e. The van der Waals surface area contributed by atoms with Crippen LogP contribution in [0.25, 0.3) is 0 Å². The van der Waals surface area contributed by atoms with E-state index < -0.39 is 47.2 Å². The number of carbonyl (C=O) groups is 3. The number of aliphatic hydroxyl groups excluding tert-OH is 1. The van der Waals surface area contributed by atoms with Gasteiger partial charge in [0, 0.05) is 22.3 Å². The Morgan fingerprint density at radius 2 is 1.94 bits per heavy atom. The summed E-state index contributed by atoms with van der Waals surface area (Å²) in [6.07, 6.45) is -0.977. The van der Waals surface area contributed by atoms with Crippen LogP contribution in [0, 0.1) is 11.8 Å². The van der Waals surface area contributed by atoms with E-state index in [4.69, 9.17) is 21.1 Å². The van der Waals surface area contributed by atoms with Crippen molar-refractivity contribution in [2.75, 3.05) is 12.1 Å². The maximum Gasteiger partial charge on any atom is 0.250 e. The molecule has 0 aromatic heterocycles. The lowest BCUT2D eigenvalue weighted by Crippen LogP contribution is -2.54. The quantitative estimate of drug-likeness (QED) is 0.581. The van der Waals surface area contributed by atoms with Crippen molar-refractivity contribution in [3.63, 3.8) is 0 Å².